The summed E-state index contributed by atoms with van der Waals surface area (Å²) in [6.45, 7) is -0.180. The first-order valence-electron chi connectivity index (χ1n) is 7.11. The lowest BCUT2D eigenvalue weighted by Gasteiger charge is -2.20. The number of benzene rings is 2. The van der Waals surface area contributed by atoms with Gasteiger partial charge in [0.2, 0.25) is 0 Å². The van der Waals surface area contributed by atoms with Gasteiger partial charge in [-0.3, -0.25) is 10.1 Å². The molecule has 0 saturated heterocycles. The van der Waals surface area contributed by atoms with Gasteiger partial charge in [0.15, 0.2) is 0 Å². The van der Waals surface area contributed by atoms with Crippen LogP contribution in [-0.4, -0.2) is 16.6 Å². The zero-order chi connectivity index (χ0) is 17.7. The summed E-state index contributed by atoms with van der Waals surface area (Å²) in [6, 6.07) is 10.7. The average Bonchev–Trinajstić information content (AvgIpc) is 2.54. The molecule has 0 aliphatic carbocycles. The highest BCUT2D eigenvalue weighted by molar-refractivity contribution is 5.63. The van der Waals surface area contributed by atoms with Crippen molar-refractivity contribution in [1.29, 1.82) is 0 Å². The van der Waals surface area contributed by atoms with E-state index in [2.05, 4.69) is 5.32 Å². The van der Waals surface area contributed by atoms with E-state index in [0.717, 1.165) is 17.7 Å². The van der Waals surface area contributed by atoms with E-state index in [1.54, 1.807) is 30.3 Å². The Hall–Kier alpha value is -2.61. The first-order valence-corrected chi connectivity index (χ1v) is 7.11. The van der Waals surface area contributed by atoms with Crippen LogP contribution < -0.4 is 5.32 Å². The van der Waals surface area contributed by atoms with Crippen LogP contribution in [0.2, 0.25) is 0 Å². The standard InChI is InChI=1S/C16H15F3N2O3/c17-16(18,19)12-6-7-14(15(10-12)21(23)24)20-13(8-9-22)11-4-2-1-3-5-11/h1-7,10,13,20,22H,8-9H2/t13-/m1/s1. The van der Waals surface area contributed by atoms with E-state index < -0.39 is 28.4 Å². The molecule has 0 bridgehead atoms. The van der Waals surface area contributed by atoms with Crippen LogP contribution in [0.1, 0.15) is 23.6 Å². The Morgan fingerprint density at radius 1 is 1.17 bits per heavy atom. The SMILES string of the molecule is O=[N+]([O-])c1cc(C(F)(F)F)ccc1N[C@H](CCO)c1ccccc1. The summed E-state index contributed by atoms with van der Waals surface area (Å²) in [5.74, 6) is 0. The molecular formula is C16H15F3N2O3. The van der Waals surface area contributed by atoms with E-state index in [1.807, 2.05) is 0 Å². The normalized spacial score (nSPS) is 12.7. The lowest BCUT2D eigenvalue weighted by Crippen LogP contribution is -2.14. The van der Waals surface area contributed by atoms with Crippen LogP contribution in [0.15, 0.2) is 48.5 Å². The monoisotopic (exact) mass is 340 g/mol. The number of anilines is 1. The second-order valence-corrected chi connectivity index (χ2v) is 5.11. The van der Waals surface area contributed by atoms with Gasteiger partial charge in [0.05, 0.1) is 16.5 Å². The molecule has 0 aliphatic heterocycles. The summed E-state index contributed by atoms with van der Waals surface area (Å²) >= 11 is 0. The molecule has 8 heteroatoms. The second-order valence-electron chi connectivity index (χ2n) is 5.11. The van der Waals surface area contributed by atoms with Crippen molar-refractivity contribution in [3.63, 3.8) is 0 Å². The molecule has 5 nitrogen and oxygen atoms in total. The van der Waals surface area contributed by atoms with Crippen LogP contribution in [0, 0.1) is 10.1 Å². The number of nitro groups is 1. The third-order valence-corrected chi connectivity index (χ3v) is 3.47. The van der Waals surface area contributed by atoms with Crippen LogP contribution in [0.25, 0.3) is 0 Å². The molecule has 2 aromatic rings. The maximum atomic E-state index is 12.7. The summed E-state index contributed by atoms with van der Waals surface area (Å²) in [6.07, 6.45) is -4.41. The lowest BCUT2D eigenvalue weighted by atomic mass is 10.0. The van der Waals surface area contributed by atoms with Crippen molar-refractivity contribution in [3.8, 4) is 0 Å². The van der Waals surface area contributed by atoms with Crippen LogP contribution in [0.5, 0.6) is 0 Å². The van der Waals surface area contributed by atoms with E-state index in [9.17, 15) is 28.4 Å². The Bertz CT molecular complexity index is 705. The largest absolute Gasteiger partial charge is 0.416 e. The van der Waals surface area contributed by atoms with Crippen LogP contribution in [-0.2, 0) is 6.18 Å². The summed E-state index contributed by atoms with van der Waals surface area (Å²) in [4.78, 5) is 10.3. The summed E-state index contributed by atoms with van der Waals surface area (Å²) in [7, 11) is 0. The zero-order valence-corrected chi connectivity index (χ0v) is 12.5. The second kappa shape index (κ2) is 7.31. The quantitative estimate of drug-likeness (QED) is 0.612. The van der Waals surface area contributed by atoms with Crippen molar-refractivity contribution >= 4 is 11.4 Å². The summed E-state index contributed by atoms with van der Waals surface area (Å²) in [5, 5.41) is 23.2. The van der Waals surface area contributed by atoms with Gasteiger partial charge in [-0.05, 0) is 24.1 Å². The van der Waals surface area contributed by atoms with Gasteiger partial charge in [-0.2, -0.15) is 13.2 Å². The summed E-state index contributed by atoms with van der Waals surface area (Å²) < 4.78 is 38.2. The van der Waals surface area contributed by atoms with Crippen molar-refractivity contribution in [2.45, 2.75) is 18.6 Å². The van der Waals surface area contributed by atoms with E-state index in [-0.39, 0.29) is 18.7 Å². The summed E-state index contributed by atoms with van der Waals surface area (Å²) in [5.41, 5.74) is -1.02. The van der Waals surface area contributed by atoms with Gasteiger partial charge in [0, 0.05) is 12.7 Å². The van der Waals surface area contributed by atoms with E-state index >= 15 is 0 Å². The number of nitrogens with zero attached hydrogens (tertiary/aromatic N) is 1. The van der Waals surface area contributed by atoms with Gasteiger partial charge in [-0.25, -0.2) is 0 Å². The zero-order valence-electron chi connectivity index (χ0n) is 12.5. The average molecular weight is 340 g/mol. The van der Waals surface area contributed by atoms with Crippen molar-refractivity contribution < 1.29 is 23.2 Å². The number of halogens is 3. The minimum absolute atomic E-state index is 0.0321. The molecule has 2 aromatic carbocycles. The third kappa shape index (κ3) is 4.23. The van der Waals surface area contributed by atoms with Crippen LogP contribution >= 0.6 is 0 Å². The topological polar surface area (TPSA) is 75.4 Å². The van der Waals surface area contributed by atoms with Crippen molar-refractivity contribution in [3.05, 3.63) is 69.8 Å². The van der Waals surface area contributed by atoms with Gasteiger partial charge in [0.1, 0.15) is 5.69 Å². The Kier molecular flexibility index (Phi) is 5.40. The molecule has 0 fully saturated rings. The fourth-order valence-corrected chi connectivity index (χ4v) is 2.31. The first kappa shape index (κ1) is 17.7. The van der Waals surface area contributed by atoms with Gasteiger partial charge in [-0.15, -0.1) is 0 Å². The Morgan fingerprint density at radius 2 is 1.83 bits per heavy atom. The fourth-order valence-electron chi connectivity index (χ4n) is 2.31. The van der Waals surface area contributed by atoms with Gasteiger partial charge in [-0.1, -0.05) is 30.3 Å². The molecule has 0 amide bonds. The molecule has 0 spiro atoms. The minimum atomic E-state index is -4.66. The smallest absolute Gasteiger partial charge is 0.396 e. The molecule has 0 saturated carbocycles. The predicted octanol–water partition coefficient (Wildman–Crippen LogP) is 4.15. The Balaban J connectivity index is 2.38. The molecule has 0 aliphatic rings. The molecule has 24 heavy (non-hydrogen) atoms. The molecule has 2 rings (SSSR count). The van der Waals surface area contributed by atoms with Crippen molar-refractivity contribution in [2.75, 3.05) is 11.9 Å². The highest BCUT2D eigenvalue weighted by Gasteiger charge is 2.33. The molecule has 128 valence electrons. The van der Waals surface area contributed by atoms with Gasteiger partial charge >= 0.3 is 6.18 Å². The number of alkyl halides is 3. The predicted molar refractivity (Wildman–Crippen MR) is 82.6 cm³/mol. The number of rotatable bonds is 6. The van der Waals surface area contributed by atoms with E-state index in [1.165, 1.54) is 0 Å². The molecule has 0 aromatic heterocycles. The molecule has 0 heterocycles. The number of nitrogens with one attached hydrogen (secondary N) is 1. The van der Waals surface area contributed by atoms with Gasteiger partial charge < -0.3 is 10.4 Å². The van der Waals surface area contributed by atoms with Crippen molar-refractivity contribution in [2.24, 2.45) is 0 Å². The highest BCUT2D eigenvalue weighted by atomic mass is 19.4. The molecular weight excluding hydrogens is 325 g/mol. The number of aliphatic hydroxyl groups excluding tert-OH is 1. The van der Waals surface area contributed by atoms with Crippen LogP contribution in [0.3, 0.4) is 0 Å². The van der Waals surface area contributed by atoms with E-state index in [4.69, 9.17) is 0 Å². The van der Waals surface area contributed by atoms with Gasteiger partial charge in [0.25, 0.3) is 5.69 Å². The third-order valence-electron chi connectivity index (χ3n) is 3.47. The Morgan fingerprint density at radius 3 is 2.38 bits per heavy atom. The fraction of sp³-hybridized carbons (Fsp3) is 0.250. The van der Waals surface area contributed by atoms with Crippen molar-refractivity contribution in [1.82, 2.24) is 0 Å². The Labute approximate surface area is 135 Å². The van der Waals surface area contributed by atoms with E-state index in [0.29, 0.717) is 6.07 Å². The lowest BCUT2D eigenvalue weighted by molar-refractivity contribution is -0.384. The van der Waals surface area contributed by atoms with Crippen LogP contribution in [0.4, 0.5) is 24.5 Å². The number of nitro benzene ring substituents is 1. The number of aliphatic hydroxyl groups is 1. The maximum absolute atomic E-state index is 12.7. The molecule has 0 unspecified atom stereocenters. The molecule has 0 radical (unpaired) electrons. The number of hydrogen-bond donors (Lipinski definition) is 2. The maximum Gasteiger partial charge on any atom is 0.416 e. The first-order chi connectivity index (χ1) is 11.3. The molecule has 1 atom stereocenters. The number of hydrogen-bond acceptors (Lipinski definition) is 4. The minimum Gasteiger partial charge on any atom is -0.396 e. The highest BCUT2D eigenvalue weighted by Crippen LogP contribution is 2.36. The molecule has 2 N–H and O–H groups in total.